The van der Waals surface area contributed by atoms with E-state index in [0.717, 1.165) is 35.3 Å². The predicted molar refractivity (Wildman–Crippen MR) is 96.0 cm³/mol. The zero-order valence-corrected chi connectivity index (χ0v) is 13.8. The Balaban J connectivity index is 2.06. The predicted octanol–water partition coefficient (Wildman–Crippen LogP) is 3.81. The van der Waals surface area contributed by atoms with Gasteiger partial charge in [-0.15, -0.1) is 0 Å². The van der Waals surface area contributed by atoms with Crippen LogP contribution >= 0.6 is 0 Å². The number of carbonyl (C=O) groups excluding carboxylic acids is 1. The number of nitriles is 2. The summed E-state index contributed by atoms with van der Waals surface area (Å²) in [5, 5.41) is 20.6. The molecular weight excluding hydrogens is 312 g/mol. The third-order valence-electron chi connectivity index (χ3n) is 4.16. The molecule has 2 aromatic carbocycles. The number of hydrogen-bond donors (Lipinski definition) is 1. The van der Waals surface area contributed by atoms with Crippen LogP contribution < -0.4 is 10.2 Å². The Kier molecular flexibility index (Phi) is 4.50. The van der Waals surface area contributed by atoms with E-state index >= 15 is 0 Å². The van der Waals surface area contributed by atoms with Crippen molar-refractivity contribution < 1.29 is 4.79 Å². The second kappa shape index (κ2) is 6.90. The van der Waals surface area contributed by atoms with Crippen LogP contribution in [0.1, 0.15) is 18.1 Å². The van der Waals surface area contributed by atoms with E-state index in [2.05, 4.69) is 5.32 Å². The number of anilines is 3. The Morgan fingerprint density at radius 3 is 2.44 bits per heavy atom. The van der Waals surface area contributed by atoms with Crippen molar-refractivity contribution in [2.24, 2.45) is 0 Å². The maximum atomic E-state index is 12.4. The van der Waals surface area contributed by atoms with Gasteiger partial charge in [-0.2, -0.15) is 10.5 Å². The Morgan fingerprint density at radius 2 is 1.76 bits per heavy atom. The number of amides is 1. The lowest BCUT2D eigenvalue weighted by molar-refractivity contribution is -0.115. The summed E-state index contributed by atoms with van der Waals surface area (Å²) >= 11 is 0. The minimum absolute atomic E-state index is 0.0105. The molecule has 0 radical (unpaired) electrons. The first-order chi connectivity index (χ1) is 12.1. The van der Waals surface area contributed by atoms with Crippen LogP contribution in [-0.2, 0) is 17.6 Å². The van der Waals surface area contributed by atoms with Gasteiger partial charge in [0.15, 0.2) is 0 Å². The van der Waals surface area contributed by atoms with Crippen LogP contribution in [0, 0.1) is 22.7 Å². The van der Waals surface area contributed by atoms with Gasteiger partial charge in [-0.1, -0.05) is 24.3 Å². The molecule has 122 valence electrons. The number of aryl methyl sites for hydroxylation is 2. The van der Waals surface area contributed by atoms with E-state index in [-0.39, 0.29) is 11.5 Å². The molecule has 3 rings (SSSR count). The second-order valence-corrected chi connectivity index (χ2v) is 5.75. The quantitative estimate of drug-likeness (QED) is 0.850. The van der Waals surface area contributed by atoms with E-state index in [1.165, 1.54) is 6.20 Å². The fourth-order valence-corrected chi connectivity index (χ4v) is 3.00. The molecule has 0 saturated carbocycles. The summed E-state index contributed by atoms with van der Waals surface area (Å²) in [4.78, 5) is 14.1. The number of benzene rings is 2. The fraction of sp³-hybridized carbons (Fsp3) is 0.150. The molecule has 5 nitrogen and oxygen atoms in total. The highest BCUT2D eigenvalue weighted by Crippen LogP contribution is 2.37. The van der Waals surface area contributed by atoms with E-state index in [0.29, 0.717) is 5.69 Å². The van der Waals surface area contributed by atoms with Crippen molar-refractivity contribution in [3.8, 4) is 12.1 Å². The van der Waals surface area contributed by atoms with Crippen LogP contribution in [0.3, 0.4) is 0 Å². The van der Waals surface area contributed by atoms with E-state index in [1.807, 2.05) is 54.6 Å². The topological polar surface area (TPSA) is 79.9 Å². The normalized spacial score (nSPS) is 11.9. The van der Waals surface area contributed by atoms with Crippen LogP contribution in [0.25, 0.3) is 0 Å². The number of nitrogens with one attached hydrogen (secondary N) is 1. The molecule has 0 aromatic heterocycles. The van der Waals surface area contributed by atoms with Crippen LogP contribution in [0.2, 0.25) is 0 Å². The summed E-state index contributed by atoms with van der Waals surface area (Å²) in [7, 11) is 0. The molecule has 1 heterocycles. The number of nitrogens with zero attached hydrogens (tertiary/aromatic N) is 3. The van der Waals surface area contributed by atoms with Gasteiger partial charge in [-0.25, -0.2) is 0 Å². The molecule has 5 heteroatoms. The first-order valence-corrected chi connectivity index (χ1v) is 7.92. The fourth-order valence-electron chi connectivity index (χ4n) is 3.00. The summed E-state index contributed by atoms with van der Waals surface area (Å²) in [5.74, 6) is -0.0574. The van der Waals surface area contributed by atoms with Gasteiger partial charge < -0.3 is 5.32 Å². The molecule has 0 fully saturated rings. The third kappa shape index (κ3) is 3.22. The van der Waals surface area contributed by atoms with Gasteiger partial charge in [0.05, 0.1) is 11.4 Å². The van der Waals surface area contributed by atoms with Crippen LogP contribution in [0.15, 0.2) is 54.2 Å². The van der Waals surface area contributed by atoms with Gasteiger partial charge in [0.1, 0.15) is 17.7 Å². The van der Waals surface area contributed by atoms with Gasteiger partial charge in [0, 0.05) is 18.8 Å². The Bertz CT molecular complexity index is 931. The van der Waals surface area contributed by atoms with E-state index in [9.17, 15) is 4.79 Å². The molecule has 0 spiro atoms. The standard InChI is InChI=1S/C20H16N4O/c1-14(25)24-19-5-3-2-4-16(19)6-7-17-8-9-18(10-20(17)24)23-13-15(11-21)12-22/h2-5,8-10,13,23H,6-7H2,1H3. The third-order valence-corrected chi connectivity index (χ3v) is 4.16. The molecule has 1 aliphatic rings. The average Bonchev–Trinajstić information content (AvgIpc) is 2.79. The van der Waals surface area contributed by atoms with Crippen molar-refractivity contribution in [1.29, 1.82) is 10.5 Å². The lowest BCUT2D eigenvalue weighted by Gasteiger charge is -2.24. The number of allylic oxidation sites excluding steroid dienone is 1. The summed E-state index contributed by atoms with van der Waals surface area (Å²) in [6.07, 6.45) is 3.07. The molecule has 2 aromatic rings. The van der Waals surface area contributed by atoms with Gasteiger partial charge in [-0.05, 0) is 42.2 Å². The van der Waals surface area contributed by atoms with Crippen LogP contribution in [-0.4, -0.2) is 5.91 Å². The van der Waals surface area contributed by atoms with Gasteiger partial charge in [0.25, 0.3) is 0 Å². The van der Waals surface area contributed by atoms with Crippen LogP contribution in [0.5, 0.6) is 0 Å². The molecule has 1 aliphatic heterocycles. The Morgan fingerprint density at radius 1 is 1.08 bits per heavy atom. The molecule has 0 atom stereocenters. The smallest absolute Gasteiger partial charge is 0.228 e. The zero-order valence-electron chi connectivity index (χ0n) is 13.8. The zero-order chi connectivity index (χ0) is 17.8. The first-order valence-electron chi connectivity index (χ1n) is 7.92. The second-order valence-electron chi connectivity index (χ2n) is 5.75. The van der Waals surface area contributed by atoms with Crippen molar-refractivity contribution in [3.05, 3.63) is 65.4 Å². The lowest BCUT2D eigenvalue weighted by atomic mass is 10.0. The van der Waals surface area contributed by atoms with Gasteiger partial charge in [0.2, 0.25) is 5.91 Å². The number of carbonyl (C=O) groups is 1. The van der Waals surface area contributed by atoms with Crippen molar-refractivity contribution in [2.75, 3.05) is 10.2 Å². The molecule has 0 bridgehead atoms. The highest BCUT2D eigenvalue weighted by molar-refractivity contribution is 6.01. The van der Waals surface area contributed by atoms with Gasteiger partial charge >= 0.3 is 0 Å². The lowest BCUT2D eigenvalue weighted by Crippen LogP contribution is -2.23. The Labute approximate surface area is 146 Å². The average molecular weight is 328 g/mol. The first kappa shape index (κ1) is 16.3. The van der Waals surface area contributed by atoms with Gasteiger partial charge in [-0.3, -0.25) is 9.69 Å². The van der Waals surface area contributed by atoms with Crippen molar-refractivity contribution in [2.45, 2.75) is 19.8 Å². The van der Waals surface area contributed by atoms with E-state index in [4.69, 9.17) is 10.5 Å². The van der Waals surface area contributed by atoms with Crippen molar-refractivity contribution >= 4 is 23.0 Å². The maximum Gasteiger partial charge on any atom is 0.228 e. The summed E-state index contributed by atoms with van der Waals surface area (Å²) < 4.78 is 0. The highest BCUT2D eigenvalue weighted by Gasteiger charge is 2.23. The number of para-hydroxylation sites is 1. The van der Waals surface area contributed by atoms with E-state index in [1.54, 1.807) is 11.8 Å². The molecule has 25 heavy (non-hydrogen) atoms. The molecule has 1 amide bonds. The Hall–Kier alpha value is -3.57. The number of rotatable bonds is 2. The molecule has 0 unspecified atom stereocenters. The summed E-state index contributed by atoms with van der Waals surface area (Å²) in [5.41, 5.74) is 4.65. The molecule has 0 aliphatic carbocycles. The van der Waals surface area contributed by atoms with Crippen LogP contribution in [0.4, 0.5) is 17.1 Å². The summed E-state index contributed by atoms with van der Waals surface area (Å²) in [6.45, 7) is 1.55. The maximum absolute atomic E-state index is 12.4. The summed E-state index contributed by atoms with van der Waals surface area (Å²) in [6, 6.07) is 17.3. The minimum Gasteiger partial charge on any atom is -0.360 e. The highest BCUT2D eigenvalue weighted by atomic mass is 16.2. The number of fused-ring (bicyclic) bond motifs is 2. The van der Waals surface area contributed by atoms with E-state index < -0.39 is 0 Å². The minimum atomic E-state index is -0.0574. The number of hydrogen-bond acceptors (Lipinski definition) is 4. The largest absolute Gasteiger partial charge is 0.360 e. The van der Waals surface area contributed by atoms with Crippen molar-refractivity contribution in [1.82, 2.24) is 0 Å². The molecule has 0 saturated heterocycles. The molecular formula is C20H16N4O. The molecule has 1 N–H and O–H groups in total. The SMILES string of the molecule is CC(=O)N1c2ccccc2CCc2ccc(NC=C(C#N)C#N)cc21. The van der Waals surface area contributed by atoms with Crippen molar-refractivity contribution in [3.63, 3.8) is 0 Å². The monoisotopic (exact) mass is 328 g/mol.